The molecule has 0 aliphatic heterocycles. The van der Waals surface area contributed by atoms with Crippen LogP contribution in [0.15, 0.2) is 22.7 Å². The summed E-state index contributed by atoms with van der Waals surface area (Å²) in [5.41, 5.74) is 1.30. The first kappa shape index (κ1) is 16.6. The average molecular weight is 330 g/mol. The molecule has 1 aromatic rings. The Morgan fingerprint density at radius 3 is 2.63 bits per heavy atom. The Kier molecular flexibility index (Phi) is 7.01. The van der Waals surface area contributed by atoms with E-state index in [0.717, 1.165) is 24.9 Å². The van der Waals surface area contributed by atoms with E-state index in [-0.39, 0.29) is 11.2 Å². The van der Waals surface area contributed by atoms with Crippen molar-refractivity contribution >= 4 is 15.9 Å². The molecule has 108 valence electrons. The zero-order valence-electron chi connectivity index (χ0n) is 12.2. The molecular formula is C16H25BrFN. The summed E-state index contributed by atoms with van der Waals surface area (Å²) in [7, 11) is 2.00. The van der Waals surface area contributed by atoms with Crippen molar-refractivity contribution in [1.29, 1.82) is 0 Å². The number of halogens is 2. The van der Waals surface area contributed by atoms with Gasteiger partial charge in [0.05, 0.1) is 4.47 Å². The van der Waals surface area contributed by atoms with Crippen molar-refractivity contribution in [2.45, 2.75) is 46.0 Å². The Balaban J connectivity index is 2.95. The summed E-state index contributed by atoms with van der Waals surface area (Å²) in [5, 5.41) is 3.31. The van der Waals surface area contributed by atoms with E-state index >= 15 is 0 Å². The molecule has 0 saturated carbocycles. The minimum Gasteiger partial charge on any atom is -0.319 e. The van der Waals surface area contributed by atoms with Crippen LogP contribution in [0.1, 0.15) is 45.1 Å². The van der Waals surface area contributed by atoms with Crippen molar-refractivity contribution < 1.29 is 4.39 Å². The highest BCUT2D eigenvalue weighted by molar-refractivity contribution is 9.10. The lowest BCUT2D eigenvalue weighted by atomic mass is 9.75. The van der Waals surface area contributed by atoms with Gasteiger partial charge in [0.2, 0.25) is 0 Å². The first-order valence-corrected chi connectivity index (χ1v) is 7.95. The van der Waals surface area contributed by atoms with Gasteiger partial charge in [0.25, 0.3) is 0 Å². The van der Waals surface area contributed by atoms with Crippen LogP contribution in [-0.4, -0.2) is 13.6 Å². The molecule has 0 spiro atoms. The molecule has 1 aromatic carbocycles. The molecule has 19 heavy (non-hydrogen) atoms. The van der Waals surface area contributed by atoms with E-state index in [1.54, 1.807) is 6.07 Å². The monoisotopic (exact) mass is 329 g/mol. The molecule has 0 heterocycles. The fraction of sp³-hybridized carbons (Fsp3) is 0.625. The van der Waals surface area contributed by atoms with Crippen LogP contribution >= 0.6 is 15.9 Å². The third kappa shape index (κ3) is 4.57. The summed E-state index contributed by atoms with van der Waals surface area (Å²) in [6.07, 6.45) is 5.64. The molecule has 1 unspecified atom stereocenters. The van der Waals surface area contributed by atoms with E-state index in [0.29, 0.717) is 4.47 Å². The molecule has 1 rings (SSSR count). The zero-order chi connectivity index (χ0) is 14.3. The number of hydrogen-bond acceptors (Lipinski definition) is 1. The molecule has 3 heteroatoms. The van der Waals surface area contributed by atoms with E-state index in [9.17, 15) is 4.39 Å². The fourth-order valence-electron chi connectivity index (χ4n) is 2.68. The summed E-state index contributed by atoms with van der Waals surface area (Å²) in [5.74, 6) is -0.164. The lowest BCUT2D eigenvalue weighted by Gasteiger charge is -2.33. The van der Waals surface area contributed by atoms with E-state index in [2.05, 4.69) is 35.1 Å². The summed E-state index contributed by atoms with van der Waals surface area (Å²) in [6.45, 7) is 5.44. The van der Waals surface area contributed by atoms with Crippen molar-refractivity contribution in [1.82, 2.24) is 5.32 Å². The molecule has 0 fully saturated rings. The maximum Gasteiger partial charge on any atom is 0.137 e. The number of unbranched alkanes of at least 4 members (excludes halogenated alkanes) is 1. The van der Waals surface area contributed by atoms with Crippen molar-refractivity contribution in [3.8, 4) is 0 Å². The molecule has 1 N–H and O–H groups in total. The smallest absolute Gasteiger partial charge is 0.137 e. The Morgan fingerprint density at radius 2 is 2.05 bits per heavy atom. The Bertz CT molecular complexity index is 394. The summed E-state index contributed by atoms with van der Waals surface area (Å²) < 4.78 is 14.3. The highest BCUT2D eigenvalue weighted by Crippen LogP contribution is 2.35. The van der Waals surface area contributed by atoms with Crippen LogP contribution in [0.3, 0.4) is 0 Å². The van der Waals surface area contributed by atoms with Gasteiger partial charge < -0.3 is 5.32 Å². The van der Waals surface area contributed by atoms with Gasteiger partial charge in [-0.25, -0.2) is 4.39 Å². The van der Waals surface area contributed by atoms with Crippen LogP contribution in [0.2, 0.25) is 0 Å². The third-order valence-electron chi connectivity index (χ3n) is 3.96. The lowest BCUT2D eigenvalue weighted by molar-refractivity contribution is 0.234. The summed E-state index contributed by atoms with van der Waals surface area (Å²) in [6, 6.07) is 5.33. The normalized spacial score (nSPS) is 14.4. The predicted octanol–water partition coefficient (Wildman–Crippen LogP) is 4.94. The topological polar surface area (TPSA) is 12.0 Å². The Labute approximate surface area is 125 Å². The highest BCUT2D eigenvalue weighted by Gasteiger charge is 2.28. The molecule has 1 atom stereocenters. The number of hydrogen-bond donors (Lipinski definition) is 1. The molecule has 0 bridgehead atoms. The van der Waals surface area contributed by atoms with Gasteiger partial charge in [0.15, 0.2) is 0 Å². The first-order valence-electron chi connectivity index (χ1n) is 7.16. The standard InChI is InChI=1S/C16H25BrFN/c1-4-6-10-16(5-2,12-19-3)11-13-8-7-9-14(18)15(13)17/h7-9,19H,4-6,10-12H2,1-3H3. The SMILES string of the molecule is CCCCC(CC)(CNC)Cc1cccc(F)c1Br. The largest absolute Gasteiger partial charge is 0.319 e. The fourth-order valence-corrected chi connectivity index (χ4v) is 3.09. The Hall–Kier alpha value is -0.410. The van der Waals surface area contributed by atoms with Crippen molar-refractivity contribution in [3.05, 3.63) is 34.1 Å². The second-order valence-corrected chi connectivity index (χ2v) is 6.17. The van der Waals surface area contributed by atoms with Crippen LogP contribution in [0.5, 0.6) is 0 Å². The highest BCUT2D eigenvalue weighted by atomic mass is 79.9. The molecule has 0 saturated heterocycles. The van der Waals surface area contributed by atoms with E-state index in [1.807, 2.05) is 13.1 Å². The minimum absolute atomic E-state index is 0.164. The van der Waals surface area contributed by atoms with Gasteiger partial charge in [0.1, 0.15) is 5.82 Å². The van der Waals surface area contributed by atoms with E-state index < -0.39 is 0 Å². The predicted molar refractivity (Wildman–Crippen MR) is 84.0 cm³/mol. The molecule has 0 aromatic heterocycles. The molecule has 0 aliphatic rings. The second-order valence-electron chi connectivity index (χ2n) is 5.38. The maximum absolute atomic E-state index is 13.6. The second kappa shape index (κ2) is 8.01. The van der Waals surface area contributed by atoms with Gasteiger partial charge in [-0.1, -0.05) is 38.8 Å². The third-order valence-corrected chi connectivity index (χ3v) is 4.85. The van der Waals surface area contributed by atoms with Gasteiger partial charge in [-0.2, -0.15) is 0 Å². The van der Waals surface area contributed by atoms with Crippen LogP contribution < -0.4 is 5.32 Å². The molecule has 0 aliphatic carbocycles. The van der Waals surface area contributed by atoms with Crippen LogP contribution in [0.4, 0.5) is 4.39 Å². The van der Waals surface area contributed by atoms with Gasteiger partial charge >= 0.3 is 0 Å². The van der Waals surface area contributed by atoms with E-state index in [1.165, 1.54) is 25.3 Å². The minimum atomic E-state index is -0.164. The van der Waals surface area contributed by atoms with E-state index in [4.69, 9.17) is 0 Å². The number of benzene rings is 1. The Morgan fingerprint density at radius 1 is 1.32 bits per heavy atom. The maximum atomic E-state index is 13.6. The van der Waals surface area contributed by atoms with Crippen molar-refractivity contribution in [2.75, 3.05) is 13.6 Å². The zero-order valence-corrected chi connectivity index (χ0v) is 13.8. The summed E-state index contributed by atoms with van der Waals surface area (Å²) >= 11 is 3.39. The van der Waals surface area contributed by atoms with Gasteiger partial charge in [-0.3, -0.25) is 0 Å². The quantitative estimate of drug-likeness (QED) is 0.712. The van der Waals surface area contributed by atoms with Crippen LogP contribution in [-0.2, 0) is 6.42 Å². The van der Waals surface area contributed by atoms with Crippen LogP contribution in [0.25, 0.3) is 0 Å². The van der Waals surface area contributed by atoms with Crippen molar-refractivity contribution in [3.63, 3.8) is 0 Å². The van der Waals surface area contributed by atoms with Gasteiger partial charge in [-0.15, -0.1) is 0 Å². The number of nitrogens with one attached hydrogen (secondary N) is 1. The first-order chi connectivity index (χ1) is 9.08. The molecular weight excluding hydrogens is 305 g/mol. The van der Waals surface area contributed by atoms with Gasteiger partial charge in [0, 0.05) is 6.54 Å². The summed E-state index contributed by atoms with van der Waals surface area (Å²) in [4.78, 5) is 0. The molecule has 0 radical (unpaired) electrons. The lowest BCUT2D eigenvalue weighted by Crippen LogP contribution is -2.34. The van der Waals surface area contributed by atoms with Crippen molar-refractivity contribution in [2.24, 2.45) is 5.41 Å². The number of rotatable bonds is 8. The average Bonchev–Trinajstić information content (AvgIpc) is 2.41. The van der Waals surface area contributed by atoms with Crippen LogP contribution in [0, 0.1) is 11.2 Å². The van der Waals surface area contributed by atoms with Gasteiger partial charge in [-0.05, 0) is 59.3 Å². The molecule has 1 nitrogen and oxygen atoms in total. The molecule has 0 amide bonds.